The fraction of sp³-hybridized carbons (Fsp3) is 0.269. The Morgan fingerprint density at radius 1 is 1.11 bits per heavy atom. The molecule has 180 valence electrons. The predicted octanol–water partition coefficient (Wildman–Crippen LogP) is 3.67. The molecular formula is C26H25FN4O4. The summed E-state index contributed by atoms with van der Waals surface area (Å²) in [4.78, 5) is 48.3. The van der Waals surface area contributed by atoms with Gasteiger partial charge in [0.05, 0.1) is 17.6 Å². The van der Waals surface area contributed by atoms with Gasteiger partial charge in [0.15, 0.2) is 5.49 Å². The summed E-state index contributed by atoms with van der Waals surface area (Å²) in [6.45, 7) is 7.74. The van der Waals surface area contributed by atoms with Gasteiger partial charge in [-0.3, -0.25) is 14.0 Å². The lowest BCUT2D eigenvalue weighted by Gasteiger charge is -2.17. The van der Waals surface area contributed by atoms with Crippen LogP contribution in [0, 0.1) is 18.7 Å². The van der Waals surface area contributed by atoms with Crippen LogP contribution in [0.5, 0.6) is 0 Å². The lowest BCUT2D eigenvalue weighted by Crippen LogP contribution is -2.34. The van der Waals surface area contributed by atoms with Gasteiger partial charge in [-0.1, -0.05) is 32.0 Å². The van der Waals surface area contributed by atoms with Gasteiger partial charge in [0.25, 0.3) is 11.5 Å². The van der Waals surface area contributed by atoms with Gasteiger partial charge in [0.2, 0.25) is 0 Å². The summed E-state index contributed by atoms with van der Waals surface area (Å²) in [7, 11) is 0. The number of carbonyl (C=O) groups excluding carboxylic acids is 2. The average molecular weight is 477 g/mol. The average Bonchev–Trinajstić information content (AvgIpc) is 2.81. The quantitative estimate of drug-likeness (QED) is 0.324. The number of rotatable bonds is 5. The molecule has 0 bridgehead atoms. The predicted molar refractivity (Wildman–Crippen MR) is 129 cm³/mol. The molecule has 3 heterocycles. The number of fused-ring (bicyclic) bond motifs is 2. The van der Waals surface area contributed by atoms with Crippen LogP contribution >= 0.6 is 0 Å². The molecule has 0 atom stereocenters. The normalized spacial score (nSPS) is 12.0. The molecule has 0 aliphatic rings. The molecule has 0 N–H and O–H groups in total. The second-order valence-electron chi connectivity index (χ2n) is 8.54. The second-order valence-corrected chi connectivity index (χ2v) is 8.54. The molecule has 1 amide bonds. The van der Waals surface area contributed by atoms with Crippen LogP contribution in [0.4, 0.5) is 4.39 Å². The zero-order valence-corrected chi connectivity index (χ0v) is 19.9. The molecular weight excluding hydrogens is 451 g/mol. The highest BCUT2D eigenvalue weighted by atomic mass is 19.1. The maximum absolute atomic E-state index is 14.3. The van der Waals surface area contributed by atoms with E-state index in [0.29, 0.717) is 12.2 Å². The van der Waals surface area contributed by atoms with Gasteiger partial charge in [-0.05, 0) is 49.6 Å². The third kappa shape index (κ3) is 4.49. The van der Waals surface area contributed by atoms with E-state index in [1.165, 1.54) is 28.7 Å². The number of hydrogen-bond donors (Lipinski definition) is 0. The first-order valence-electron chi connectivity index (χ1n) is 11.3. The summed E-state index contributed by atoms with van der Waals surface area (Å²) in [5.41, 5.74) is 0.769. The standard InChI is InChI=1S/C26H25FN4O4/c1-5-35-26(34)19-13-18-22(28-21-16(4)9-8-12-30(21)25(18)33)31(14-15(2)3)23(19)29-24(32)17-10-6-7-11-20(17)27/h6-13,15H,5,14H2,1-4H3. The smallest absolute Gasteiger partial charge is 0.341 e. The number of ether oxygens (including phenoxy) is 1. The number of aryl methyl sites for hydroxylation is 1. The van der Waals surface area contributed by atoms with Crippen LogP contribution in [0.25, 0.3) is 16.7 Å². The van der Waals surface area contributed by atoms with Crippen molar-refractivity contribution >= 4 is 28.6 Å². The highest BCUT2D eigenvalue weighted by molar-refractivity contribution is 5.97. The van der Waals surface area contributed by atoms with Crippen LogP contribution in [-0.4, -0.2) is 32.4 Å². The lowest BCUT2D eigenvalue weighted by molar-refractivity contribution is 0.0523. The topological polar surface area (TPSA) is 95.0 Å². The molecule has 0 saturated heterocycles. The molecule has 0 aliphatic carbocycles. The van der Waals surface area contributed by atoms with Gasteiger partial charge in [0, 0.05) is 12.7 Å². The highest BCUT2D eigenvalue weighted by Crippen LogP contribution is 2.15. The minimum Gasteiger partial charge on any atom is -0.462 e. The van der Waals surface area contributed by atoms with Gasteiger partial charge >= 0.3 is 5.97 Å². The van der Waals surface area contributed by atoms with Crippen LogP contribution in [0.3, 0.4) is 0 Å². The number of carbonyl (C=O) groups is 2. The van der Waals surface area contributed by atoms with E-state index in [4.69, 9.17) is 9.72 Å². The molecule has 0 fully saturated rings. The minimum atomic E-state index is -0.862. The third-order valence-electron chi connectivity index (χ3n) is 5.46. The van der Waals surface area contributed by atoms with E-state index in [2.05, 4.69) is 4.99 Å². The molecule has 3 aromatic heterocycles. The van der Waals surface area contributed by atoms with Crippen LogP contribution in [0.2, 0.25) is 0 Å². The number of halogens is 1. The van der Waals surface area contributed by atoms with Crippen LogP contribution < -0.4 is 11.0 Å². The van der Waals surface area contributed by atoms with E-state index in [-0.39, 0.29) is 45.7 Å². The fourth-order valence-corrected chi connectivity index (χ4v) is 3.90. The van der Waals surface area contributed by atoms with Crippen LogP contribution in [0.1, 0.15) is 47.1 Å². The van der Waals surface area contributed by atoms with Gasteiger partial charge in [-0.25, -0.2) is 14.2 Å². The molecule has 8 nitrogen and oxygen atoms in total. The SMILES string of the molecule is CCOC(=O)c1cc2c(=O)n3cccc(C)c3nc2n(CC(C)C)c1=NC(=O)c1ccccc1F. The number of aromatic nitrogens is 3. The monoisotopic (exact) mass is 476 g/mol. The van der Waals surface area contributed by atoms with E-state index in [1.807, 2.05) is 26.8 Å². The Hall–Kier alpha value is -4.14. The first-order chi connectivity index (χ1) is 16.7. The summed E-state index contributed by atoms with van der Waals surface area (Å²) in [5, 5.41) is 0.175. The maximum Gasteiger partial charge on any atom is 0.341 e. The van der Waals surface area contributed by atoms with Crippen molar-refractivity contribution in [2.45, 2.75) is 34.2 Å². The Balaban J connectivity index is 2.18. The Labute approximate surface area is 200 Å². The number of amides is 1. The molecule has 0 unspecified atom stereocenters. The van der Waals surface area contributed by atoms with Crippen LogP contribution in [-0.2, 0) is 11.3 Å². The Kier molecular flexibility index (Phi) is 6.59. The molecule has 0 spiro atoms. The van der Waals surface area contributed by atoms with Crippen molar-refractivity contribution in [2.75, 3.05) is 6.61 Å². The molecule has 1 aromatic carbocycles. The zero-order chi connectivity index (χ0) is 25.3. The molecule has 4 rings (SSSR count). The molecule has 9 heteroatoms. The number of pyridine rings is 2. The van der Waals surface area contributed by atoms with Crippen molar-refractivity contribution in [3.05, 3.63) is 87.0 Å². The molecule has 0 radical (unpaired) electrons. The first kappa shape index (κ1) is 24.0. The van der Waals surface area contributed by atoms with E-state index >= 15 is 0 Å². The van der Waals surface area contributed by atoms with E-state index in [0.717, 1.165) is 11.6 Å². The third-order valence-corrected chi connectivity index (χ3v) is 5.46. The van der Waals surface area contributed by atoms with E-state index < -0.39 is 17.7 Å². The van der Waals surface area contributed by atoms with Crippen molar-refractivity contribution in [3.8, 4) is 0 Å². The summed E-state index contributed by atoms with van der Waals surface area (Å²) in [5.74, 6) is -2.30. The first-order valence-corrected chi connectivity index (χ1v) is 11.3. The van der Waals surface area contributed by atoms with Gasteiger partial charge in [-0.15, -0.1) is 0 Å². The summed E-state index contributed by atoms with van der Waals surface area (Å²) in [6.07, 6.45) is 1.61. The molecule has 0 saturated carbocycles. The maximum atomic E-state index is 14.3. The lowest BCUT2D eigenvalue weighted by atomic mass is 10.1. The van der Waals surface area contributed by atoms with Gasteiger partial charge in [-0.2, -0.15) is 4.99 Å². The largest absolute Gasteiger partial charge is 0.462 e. The second kappa shape index (κ2) is 9.61. The van der Waals surface area contributed by atoms with E-state index in [1.54, 1.807) is 23.8 Å². The van der Waals surface area contributed by atoms with Crippen molar-refractivity contribution in [1.29, 1.82) is 0 Å². The Morgan fingerprint density at radius 2 is 1.86 bits per heavy atom. The number of esters is 1. The van der Waals surface area contributed by atoms with Crippen molar-refractivity contribution in [3.63, 3.8) is 0 Å². The number of nitrogens with zero attached hydrogens (tertiary/aromatic N) is 4. The number of hydrogen-bond acceptors (Lipinski definition) is 5. The van der Waals surface area contributed by atoms with Crippen molar-refractivity contribution in [1.82, 2.24) is 14.0 Å². The van der Waals surface area contributed by atoms with E-state index in [9.17, 15) is 18.8 Å². The highest BCUT2D eigenvalue weighted by Gasteiger charge is 2.21. The van der Waals surface area contributed by atoms with Gasteiger partial charge in [0.1, 0.15) is 22.7 Å². The Bertz CT molecular complexity index is 1600. The van der Waals surface area contributed by atoms with Crippen molar-refractivity contribution in [2.24, 2.45) is 10.9 Å². The summed E-state index contributed by atoms with van der Waals surface area (Å²) in [6, 6.07) is 10.4. The minimum absolute atomic E-state index is 0.0373. The van der Waals surface area contributed by atoms with Crippen molar-refractivity contribution < 1.29 is 18.7 Å². The van der Waals surface area contributed by atoms with Crippen LogP contribution in [0.15, 0.2) is 58.4 Å². The number of benzene rings is 1. The zero-order valence-electron chi connectivity index (χ0n) is 19.9. The molecule has 4 aromatic rings. The fourth-order valence-electron chi connectivity index (χ4n) is 3.90. The summed E-state index contributed by atoms with van der Waals surface area (Å²) < 4.78 is 22.5. The van der Waals surface area contributed by atoms with Gasteiger partial charge < -0.3 is 9.30 Å². The Morgan fingerprint density at radius 3 is 2.54 bits per heavy atom. The summed E-state index contributed by atoms with van der Waals surface area (Å²) >= 11 is 0. The molecule has 35 heavy (non-hydrogen) atoms. The molecule has 0 aliphatic heterocycles.